The molecule has 1 heterocycles. The molecular formula is C15H23N3O3S2. The third kappa shape index (κ3) is 4.87. The van der Waals surface area contributed by atoms with E-state index in [4.69, 9.17) is 17.0 Å². The fourth-order valence-corrected chi connectivity index (χ4v) is 4.12. The van der Waals surface area contributed by atoms with Gasteiger partial charge in [-0.3, -0.25) is 0 Å². The van der Waals surface area contributed by atoms with Crippen LogP contribution in [-0.4, -0.2) is 69.2 Å². The Bertz CT molecular complexity index is 600. The van der Waals surface area contributed by atoms with Gasteiger partial charge in [0, 0.05) is 46.4 Å². The van der Waals surface area contributed by atoms with Gasteiger partial charge in [0.25, 0.3) is 0 Å². The quantitative estimate of drug-likeness (QED) is 0.603. The van der Waals surface area contributed by atoms with Crippen molar-refractivity contribution in [3.63, 3.8) is 0 Å². The molecule has 0 atom stereocenters. The number of hydrogen-bond donors (Lipinski definition) is 1. The van der Waals surface area contributed by atoms with Gasteiger partial charge < -0.3 is 15.0 Å². The van der Waals surface area contributed by atoms with E-state index in [0.717, 1.165) is 13.0 Å². The van der Waals surface area contributed by atoms with Crippen molar-refractivity contribution in [3.8, 4) is 0 Å². The van der Waals surface area contributed by atoms with E-state index < -0.39 is 10.0 Å². The zero-order valence-electron chi connectivity index (χ0n) is 13.3. The third-order valence-electron chi connectivity index (χ3n) is 3.71. The fourth-order valence-electron chi connectivity index (χ4n) is 2.40. The molecule has 0 amide bonds. The first-order chi connectivity index (χ1) is 11.1. The zero-order chi connectivity index (χ0) is 16.7. The Morgan fingerprint density at radius 3 is 2.48 bits per heavy atom. The molecule has 1 fully saturated rings. The maximum Gasteiger partial charge on any atom is 0.243 e. The number of sulfonamides is 1. The van der Waals surface area contributed by atoms with Gasteiger partial charge in [-0.15, -0.1) is 0 Å². The van der Waals surface area contributed by atoms with Gasteiger partial charge in [-0.1, -0.05) is 18.2 Å². The van der Waals surface area contributed by atoms with Crippen molar-refractivity contribution < 1.29 is 13.2 Å². The van der Waals surface area contributed by atoms with Gasteiger partial charge in [0.2, 0.25) is 10.0 Å². The van der Waals surface area contributed by atoms with Gasteiger partial charge in [-0.2, -0.15) is 4.31 Å². The molecule has 1 aliphatic rings. The molecule has 23 heavy (non-hydrogen) atoms. The summed E-state index contributed by atoms with van der Waals surface area (Å²) in [6.07, 6.45) is 0.888. The maximum absolute atomic E-state index is 12.6. The molecule has 8 heteroatoms. The van der Waals surface area contributed by atoms with Crippen LogP contribution in [0.2, 0.25) is 0 Å². The average molecular weight is 358 g/mol. The molecule has 1 N–H and O–H groups in total. The predicted molar refractivity (Wildman–Crippen MR) is 93.9 cm³/mol. The first-order valence-electron chi connectivity index (χ1n) is 7.62. The first-order valence-corrected chi connectivity index (χ1v) is 9.47. The van der Waals surface area contributed by atoms with Crippen molar-refractivity contribution in [2.24, 2.45) is 0 Å². The van der Waals surface area contributed by atoms with Crippen molar-refractivity contribution in [3.05, 3.63) is 30.3 Å². The van der Waals surface area contributed by atoms with Crippen LogP contribution in [0.25, 0.3) is 0 Å². The number of benzene rings is 1. The number of methoxy groups -OCH3 is 1. The van der Waals surface area contributed by atoms with E-state index in [0.29, 0.717) is 42.8 Å². The topological polar surface area (TPSA) is 61.9 Å². The van der Waals surface area contributed by atoms with E-state index in [9.17, 15) is 8.42 Å². The number of nitrogens with one attached hydrogen (secondary N) is 1. The largest absolute Gasteiger partial charge is 0.385 e. The fraction of sp³-hybridized carbons (Fsp3) is 0.533. The van der Waals surface area contributed by atoms with Gasteiger partial charge in [0.05, 0.1) is 4.90 Å². The molecule has 1 saturated heterocycles. The van der Waals surface area contributed by atoms with Crippen molar-refractivity contribution in [1.29, 1.82) is 0 Å². The van der Waals surface area contributed by atoms with Gasteiger partial charge in [0.15, 0.2) is 5.11 Å². The van der Waals surface area contributed by atoms with Crippen LogP contribution in [0.5, 0.6) is 0 Å². The summed E-state index contributed by atoms with van der Waals surface area (Å²) < 4.78 is 31.6. The van der Waals surface area contributed by atoms with Gasteiger partial charge >= 0.3 is 0 Å². The molecule has 0 bridgehead atoms. The average Bonchev–Trinajstić information content (AvgIpc) is 2.59. The van der Waals surface area contributed by atoms with Gasteiger partial charge in [-0.05, 0) is 30.8 Å². The molecule has 0 aliphatic carbocycles. The maximum atomic E-state index is 12.6. The predicted octanol–water partition coefficient (Wildman–Crippen LogP) is 0.904. The number of piperazine rings is 1. The van der Waals surface area contributed by atoms with E-state index in [1.54, 1.807) is 31.4 Å². The molecule has 2 rings (SSSR count). The summed E-state index contributed by atoms with van der Waals surface area (Å²) >= 11 is 5.36. The molecule has 0 spiro atoms. The summed E-state index contributed by atoms with van der Waals surface area (Å²) in [5, 5.41) is 3.86. The second-order valence-corrected chi connectivity index (χ2v) is 7.61. The lowest BCUT2D eigenvalue weighted by atomic mass is 10.4. The van der Waals surface area contributed by atoms with E-state index >= 15 is 0 Å². The third-order valence-corrected chi connectivity index (χ3v) is 6.02. The lowest BCUT2D eigenvalue weighted by molar-refractivity contribution is 0.195. The van der Waals surface area contributed by atoms with Crippen LogP contribution < -0.4 is 5.32 Å². The minimum Gasteiger partial charge on any atom is -0.385 e. The van der Waals surface area contributed by atoms with E-state index in [-0.39, 0.29) is 0 Å². The number of ether oxygens (including phenoxy) is 1. The Kier molecular flexibility index (Phi) is 6.76. The standard InChI is InChI=1S/C15H23N3O3S2/c1-21-13-5-8-16-15(22)17-9-11-18(12-10-17)23(19,20)14-6-3-2-4-7-14/h2-4,6-7H,5,8-13H2,1H3,(H,16,22). The number of rotatable bonds is 6. The molecule has 128 valence electrons. The van der Waals surface area contributed by atoms with Crippen molar-refractivity contribution >= 4 is 27.4 Å². The van der Waals surface area contributed by atoms with Gasteiger partial charge in [0.1, 0.15) is 0 Å². The smallest absolute Gasteiger partial charge is 0.243 e. The molecule has 0 unspecified atom stereocenters. The lowest BCUT2D eigenvalue weighted by Gasteiger charge is -2.35. The second-order valence-electron chi connectivity index (χ2n) is 5.28. The van der Waals surface area contributed by atoms with Crippen LogP contribution in [0.4, 0.5) is 0 Å². The molecule has 0 saturated carbocycles. The Labute approximate surface area is 143 Å². The summed E-state index contributed by atoms with van der Waals surface area (Å²) in [7, 11) is -1.74. The SMILES string of the molecule is COCCCNC(=S)N1CCN(S(=O)(=O)c2ccccc2)CC1. The number of nitrogens with zero attached hydrogens (tertiary/aromatic N) is 2. The van der Waals surface area contributed by atoms with E-state index in [2.05, 4.69) is 5.32 Å². The van der Waals surface area contributed by atoms with Crippen LogP contribution in [0.3, 0.4) is 0 Å². The monoisotopic (exact) mass is 357 g/mol. The van der Waals surface area contributed by atoms with Crippen LogP contribution in [0.1, 0.15) is 6.42 Å². The molecule has 1 aliphatic heterocycles. The van der Waals surface area contributed by atoms with Crippen LogP contribution in [0.15, 0.2) is 35.2 Å². The number of thiocarbonyl (C=S) groups is 1. The molecule has 1 aromatic rings. The highest BCUT2D eigenvalue weighted by molar-refractivity contribution is 7.89. The Morgan fingerprint density at radius 2 is 1.87 bits per heavy atom. The summed E-state index contributed by atoms with van der Waals surface area (Å²) in [6.45, 7) is 3.53. The normalized spacial score (nSPS) is 16.3. The highest BCUT2D eigenvalue weighted by atomic mass is 32.2. The Morgan fingerprint density at radius 1 is 1.22 bits per heavy atom. The highest BCUT2D eigenvalue weighted by Crippen LogP contribution is 2.17. The highest BCUT2D eigenvalue weighted by Gasteiger charge is 2.28. The van der Waals surface area contributed by atoms with E-state index in [1.165, 1.54) is 4.31 Å². The van der Waals surface area contributed by atoms with Crippen LogP contribution in [0, 0.1) is 0 Å². The second kappa shape index (κ2) is 8.58. The molecule has 0 radical (unpaired) electrons. The Balaban J connectivity index is 1.85. The minimum absolute atomic E-state index is 0.341. The minimum atomic E-state index is -3.41. The van der Waals surface area contributed by atoms with Crippen molar-refractivity contribution in [1.82, 2.24) is 14.5 Å². The summed E-state index contributed by atoms with van der Waals surface area (Å²) in [5.41, 5.74) is 0. The lowest BCUT2D eigenvalue weighted by Crippen LogP contribution is -2.53. The van der Waals surface area contributed by atoms with Crippen LogP contribution >= 0.6 is 12.2 Å². The molecular weight excluding hydrogens is 334 g/mol. The summed E-state index contributed by atoms with van der Waals surface area (Å²) in [5.74, 6) is 0. The van der Waals surface area contributed by atoms with E-state index in [1.807, 2.05) is 11.0 Å². The molecule has 6 nitrogen and oxygen atoms in total. The van der Waals surface area contributed by atoms with Crippen molar-refractivity contribution in [2.45, 2.75) is 11.3 Å². The summed E-state index contributed by atoms with van der Waals surface area (Å²) in [4.78, 5) is 2.35. The molecule has 0 aromatic heterocycles. The van der Waals surface area contributed by atoms with Crippen molar-refractivity contribution in [2.75, 3.05) is 46.4 Å². The Hall–Kier alpha value is -1.22. The number of hydrogen-bond acceptors (Lipinski definition) is 4. The molecule has 1 aromatic carbocycles. The van der Waals surface area contributed by atoms with Gasteiger partial charge in [-0.25, -0.2) is 8.42 Å². The summed E-state index contributed by atoms with van der Waals surface area (Å²) in [6, 6.07) is 8.54. The van der Waals surface area contributed by atoms with Crippen LogP contribution in [-0.2, 0) is 14.8 Å². The zero-order valence-corrected chi connectivity index (χ0v) is 14.9. The first kappa shape index (κ1) is 18.1.